The lowest BCUT2D eigenvalue weighted by molar-refractivity contribution is -0.124. The topological polar surface area (TPSA) is 105 Å². The van der Waals surface area contributed by atoms with Gasteiger partial charge in [0.1, 0.15) is 6.04 Å². The summed E-state index contributed by atoms with van der Waals surface area (Å²) in [5.41, 5.74) is 5.65. The molecule has 1 aliphatic rings. The summed E-state index contributed by atoms with van der Waals surface area (Å²) < 4.78 is 1.58. The van der Waals surface area contributed by atoms with E-state index in [2.05, 4.69) is 49.9 Å². The molecule has 2 aromatic carbocycles. The molecular formula is C29H26N6O2. The first-order valence-corrected chi connectivity index (χ1v) is 12.3. The number of anilines is 1. The number of benzene rings is 2. The Bertz CT molecular complexity index is 1610. The number of nitrogens with zero attached hydrogens (tertiary/aromatic N) is 3. The highest BCUT2D eigenvalue weighted by atomic mass is 16.2. The molecule has 0 saturated heterocycles. The molecule has 8 heteroatoms. The van der Waals surface area contributed by atoms with Gasteiger partial charge in [0.05, 0.1) is 6.54 Å². The monoisotopic (exact) mass is 490 g/mol. The number of carbonyl (C=O) groups is 1. The number of hydrogen-bond donors (Lipinski definition) is 3. The number of nitrogens with one attached hydrogen (secondary N) is 3. The van der Waals surface area contributed by atoms with Gasteiger partial charge in [-0.15, -0.1) is 0 Å². The fourth-order valence-electron chi connectivity index (χ4n) is 4.92. The summed E-state index contributed by atoms with van der Waals surface area (Å²) in [6.45, 7) is 0.802. The standard InChI is InChI=1S/C29H26N6O2/c36-28(33-17-23-14-22-16-30-12-11-25(22)34-23)26-10-9-24-18-32-27(29(37)35(24)26)31-15-19-5-4-8-21(13-19)20-6-2-1-3-7-20/h1-8,11-14,16,18,26,34H,9-10,15,17H2,(H,31,32)(H,33,36)/t26-/m0/s1. The van der Waals surface area contributed by atoms with Crippen LogP contribution in [0.4, 0.5) is 5.82 Å². The van der Waals surface area contributed by atoms with E-state index in [0.29, 0.717) is 25.9 Å². The second-order valence-electron chi connectivity index (χ2n) is 9.22. The van der Waals surface area contributed by atoms with Crippen molar-refractivity contribution < 1.29 is 4.79 Å². The van der Waals surface area contributed by atoms with Crippen molar-refractivity contribution in [3.63, 3.8) is 0 Å². The van der Waals surface area contributed by atoms with Crippen LogP contribution in [0.25, 0.3) is 22.0 Å². The fourth-order valence-corrected chi connectivity index (χ4v) is 4.92. The number of fused-ring (bicyclic) bond motifs is 2. The zero-order valence-corrected chi connectivity index (χ0v) is 20.1. The third kappa shape index (κ3) is 4.61. The Labute approximate surface area is 213 Å². The molecule has 37 heavy (non-hydrogen) atoms. The van der Waals surface area contributed by atoms with Gasteiger partial charge in [-0.2, -0.15) is 0 Å². The molecular weight excluding hydrogens is 464 g/mol. The predicted octanol–water partition coefficient (Wildman–Crippen LogP) is 4.20. The van der Waals surface area contributed by atoms with E-state index in [-0.39, 0.29) is 17.3 Å². The van der Waals surface area contributed by atoms with Crippen LogP contribution in [0.3, 0.4) is 0 Å². The minimum Gasteiger partial charge on any atom is -0.361 e. The van der Waals surface area contributed by atoms with Crippen molar-refractivity contribution in [3.8, 4) is 11.1 Å². The summed E-state index contributed by atoms with van der Waals surface area (Å²) in [5, 5.41) is 7.15. The van der Waals surface area contributed by atoms with Crippen molar-refractivity contribution in [1.29, 1.82) is 0 Å². The molecule has 0 unspecified atom stereocenters. The fraction of sp³-hybridized carbons (Fsp3) is 0.172. The van der Waals surface area contributed by atoms with Crippen LogP contribution < -0.4 is 16.2 Å². The van der Waals surface area contributed by atoms with E-state index < -0.39 is 6.04 Å². The average molecular weight is 491 g/mol. The number of aromatic nitrogens is 4. The summed E-state index contributed by atoms with van der Waals surface area (Å²) in [6.07, 6.45) is 6.41. The van der Waals surface area contributed by atoms with Crippen LogP contribution in [0, 0.1) is 0 Å². The zero-order chi connectivity index (χ0) is 25.2. The predicted molar refractivity (Wildman–Crippen MR) is 143 cm³/mol. The molecule has 0 fully saturated rings. The van der Waals surface area contributed by atoms with Gasteiger partial charge >= 0.3 is 0 Å². The van der Waals surface area contributed by atoms with Gasteiger partial charge in [-0.25, -0.2) is 4.98 Å². The quantitative estimate of drug-likeness (QED) is 0.317. The van der Waals surface area contributed by atoms with E-state index in [9.17, 15) is 9.59 Å². The summed E-state index contributed by atoms with van der Waals surface area (Å²) in [5.74, 6) is 0.0713. The molecule has 1 amide bonds. The largest absolute Gasteiger partial charge is 0.361 e. The minimum absolute atomic E-state index is 0.176. The first kappa shape index (κ1) is 22.7. The lowest BCUT2D eigenvalue weighted by atomic mass is 10.0. The highest BCUT2D eigenvalue weighted by molar-refractivity contribution is 5.82. The molecule has 4 heterocycles. The maximum absolute atomic E-state index is 13.3. The van der Waals surface area contributed by atoms with Crippen molar-refractivity contribution in [2.75, 3.05) is 5.32 Å². The molecule has 0 radical (unpaired) electrons. The summed E-state index contributed by atoms with van der Waals surface area (Å²) >= 11 is 0. The van der Waals surface area contributed by atoms with Crippen LogP contribution >= 0.6 is 0 Å². The number of carbonyl (C=O) groups excluding carboxylic acids is 1. The van der Waals surface area contributed by atoms with Crippen LogP contribution in [0.15, 0.2) is 90.1 Å². The van der Waals surface area contributed by atoms with Crippen molar-refractivity contribution in [2.45, 2.75) is 32.0 Å². The van der Waals surface area contributed by atoms with E-state index in [1.54, 1.807) is 23.2 Å². The minimum atomic E-state index is -0.557. The number of pyridine rings is 1. The number of amides is 1. The Morgan fingerprint density at radius 3 is 2.73 bits per heavy atom. The average Bonchev–Trinajstić information content (AvgIpc) is 3.57. The Morgan fingerprint density at radius 2 is 1.86 bits per heavy atom. The lowest BCUT2D eigenvalue weighted by Crippen LogP contribution is -2.36. The van der Waals surface area contributed by atoms with Crippen LogP contribution in [-0.4, -0.2) is 25.4 Å². The SMILES string of the molecule is O=C(NCc1cc2cnccc2[nH]1)[C@@H]1CCc2cnc(NCc3cccc(-c4ccccc4)c3)c(=O)n21. The highest BCUT2D eigenvalue weighted by Crippen LogP contribution is 2.25. The van der Waals surface area contributed by atoms with Crippen molar-refractivity contribution in [3.05, 3.63) is 113 Å². The van der Waals surface area contributed by atoms with Crippen LogP contribution in [-0.2, 0) is 24.3 Å². The third-order valence-corrected chi connectivity index (χ3v) is 6.79. The molecule has 0 aliphatic carbocycles. The molecule has 184 valence electrons. The maximum Gasteiger partial charge on any atom is 0.294 e. The molecule has 1 atom stereocenters. The number of hydrogen-bond acceptors (Lipinski definition) is 5. The molecule has 0 saturated carbocycles. The number of H-pyrrole nitrogens is 1. The van der Waals surface area contributed by atoms with Gasteiger partial charge in [0.2, 0.25) is 5.91 Å². The molecule has 6 rings (SSSR count). The van der Waals surface area contributed by atoms with Gasteiger partial charge in [0, 0.05) is 47.4 Å². The normalized spacial score (nSPS) is 14.4. The van der Waals surface area contributed by atoms with Crippen LogP contribution in [0.1, 0.15) is 29.4 Å². The Balaban J connectivity index is 1.15. The summed E-state index contributed by atoms with van der Waals surface area (Å²) in [7, 11) is 0. The van der Waals surface area contributed by atoms with E-state index in [4.69, 9.17) is 0 Å². The molecule has 5 aromatic rings. The Morgan fingerprint density at radius 1 is 1.00 bits per heavy atom. The zero-order valence-electron chi connectivity index (χ0n) is 20.1. The Hall–Kier alpha value is -4.72. The molecule has 0 bridgehead atoms. The number of aromatic amines is 1. The second kappa shape index (κ2) is 9.73. The summed E-state index contributed by atoms with van der Waals surface area (Å²) in [6, 6.07) is 21.7. The van der Waals surface area contributed by atoms with E-state index in [1.165, 1.54) is 0 Å². The van der Waals surface area contributed by atoms with Gasteiger partial charge in [-0.1, -0.05) is 48.5 Å². The molecule has 3 N–H and O–H groups in total. The first-order valence-electron chi connectivity index (χ1n) is 12.3. The smallest absolute Gasteiger partial charge is 0.294 e. The van der Waals surface area contributed by atoms with Crippen LogP contribution in [0.2, 0.25) is 0 Å². The van der Waals surface area contributed by atoms with E-state index in [0.717, 1.165) is 39.0 Å². The van der Waals surface area contributed by atoms with Crippen molar-refractivity contribution >= 4 is 22.6 Å². The second-order valence-corrected chi connectivity index (χ2v) is 9.22. The molecule has 0 spiro atoms. The first-order chi connectivity index (χ1) is 18.2. The van der Waals surface area contributed by atoms with E-state index >= 15 is 0 Å². The van der Waals surface area contributed by atoms with Crippen molar-refractivity contribution in [1.82, 2.24) is 24.8 Å². The van der Waals surface area contributed by atoms with Gasteiger partial charge < -0.3 is 15.6 Å². The summed E-state index contributed by atoms with van der Waals surface area (Å²) in [4.78, 5) is 38.2. The van der Waals surface area contributed by atoms with Gasteiger partial charge in [-0.05, 0) is 47.7 Å². The Kier molecular flexibility index (Phi) is 5.98. The maximum atomic E-state index is 13.3. The van der Waals surface area contributed by atoms with Crippen molar-refractivity contribution in [2.24, 2.45) is 0 Å². The van der Waals surface area contributed by atoms with Gasteiger partial charge in [0.25, 0.3) is 5.56 Å². The van der Waals surface area contributed by atoms with Gasteiger partial charge in [-0.3, -0.25) is 19.1 Å². The molecule has 8 nitrogen and oxygen atoms in total. The van der Waals surface area contributed by atoms with Crippen LogP contribution in [0.5, 0.6) is 0 Å². The highest BCUT2D eigenvalue weighted by Gasteiger charge is 2.30. The van der Waals surface area contributed by atoms with Gasteiger partial charge in [0.15, 0.2) is 5.82 Å². The lowest BCUT2D eigenvalue weighted by Gasteiger charge is -2.16. The number of rotatable bonds is 7. The molecule has 3 aromatic heterocycles. The third-order valence-electron chi connectivity index (χ3n) is 6.79. The number of aryl methyl sites for hydroxylation is 1. The van der Waals surface area contributed by atoms with E-state index in [1.807, 2.05) is 42.5 Å². The molecule has 1 aliphatic heterocycles.